The lowest BCUT2D eigenvalue weighted by molar-refractivity contribution is -0.384. The molecule has 0 radical (unpaired) electrons. The first-order valence-corrected chi connectivity index (χ1v) is 9.96. The molecule has 0 aliphatic rings. The van der Waals surface area contributed by atoms with Crippen molar-refractivity contribution in [3.63, 3.8) is 0 Å². The number of halogens is 1. The Bertz CT molecular complexity index is 1310. The maximum atomic E-state index is 12.5. The average molecular weight is 482 g/mol. The summed E-state index contributed by atoms with van der Waals surface area (Å²) in [5, 5.41) is 22.9. The van der Waals surface area contributed by atoms with Crippen LogP contribution < -0.4 is 14.8 Å². The van der Waals surface area contributed by atoms with Gasteiger partial charge in [-0.15, -0.1) is 0 Å². The number of hydrogen-bond acceptors (Lipinski definition) is 8. The fourth-order valence-electron chi connectivity index (χ4n) is 2.79. The molecule has 1 aromatic heterocycles. The number of furan rings is 1. The van der Waals surface area contributed by atoms with Crippen LogP contribution in [0.15, 0.2) is 64.8 Å². The van der Waals surface area contributed by atoms with Crippen LogP contribution in [0.5, 0.6) is 11.5 Å². The Labute approximate surface area is 198 Å². The van der Waals surface area contributed by atoms with E-state index in [0.29, 0.717) is 11.3 Å². The topological polar surface area (TPSA) is 145 Å². The lowest BCUT2D eigenvalue weighted by atomic mass is 10.1. The van der Waals surface area contributed by atoms with E-state index in [0.717, 1.165) is 6.07 Å². The Balaban J connectivity index is 1.77. The minimum absolute atomic E-state index is 0.0306. The van der Waals surface area contributed by atoms with Gasteiger partial charge < -0.3 is 19.2 Å². The van der Waals surface area contributed by atoms with E-state index in [-0.39, 0.29) is 34.2 Å². The number of amides is 1. The van der Waals surface area contributed by atoms with Crippen molar-refractivity contribution in [1.29, 1.82) is 5.26 Å². The summed E-state index contributed by atoms with van der Waals surface area (Å²) in [7, 11) is 1.34. The standard InChI is InChI=1S/C23H16ClN3O7/c1-32-21-10-14(9-16(12-25)22(28)26-13-17-3-2-8-33-17)4-7-20(21)34-23(29)15-5-6-18(24)19(11-15)27(30)31/h2-11H,13H2,1H3,(H,26,28)/b16-9+. The summed E-state index contributed by atoms with van der Waals surface area (Å²) < 4.78 is 15.7. The molecule has 3 aromatic rings. The van der Waals surface area contributed by atoms with Gasteiger partial charge in [0.15, 0.2) is 11.5 Å². The van der Waals surface area contributed by atoms with E-state index >= 15 is 0 Å². The first kappa shape index (κ1) is 24.0. The second-order valence-corrected chi connectivity index (χ2v) is 7.06. The van der Waals surface area contributed by atoms with Gasteiger partial charge in [0.05, 0.1) is 30.4 Å². The van der Waals surface area contributed by atoms with Gasteiger partial charge in [-0.2, -0.15) is 5.26 Å². The summed E-state index contributed by atoms with van der Waals surface area (Å²) >= 11 is 5.77. The number of ether oxygens (including phenoxy) is 2. The third kappa shape index (κ3) is 5.79. The molecule has 3 rings (SSSR count). The van der Waals surface area contributed by atoms with Crippen LogP contribution in [-0.2, 0) is 11.3 Å². The second-order valence-electron chi connectivity index (χ2n) is 6.65. The van der Waals surface area contributed by atoms with Crippen molar-refractivity contribution in [3.8, 4) is 17.6 Å². The first-order valence-electron chi connectivity index (χ1n) is 9.59. The van der Waals surface area contributed by atoms with E-state index in [1.165, 1.54) is 49.8 Å². The molecule has 0 atom stereocenters. The van der Waals surface area contributed by atoms with Gasteiger partial charge in [-0.25, -0.2) is 4.79 Å². The number of nitrogens with zero attached hydrogens (tertiary/aromatic N) is 2. The van der Waals surface area contributed by atoms with Crippen molar-refractivity contribution < 1.29 is 28.4 Å². The molecular formula is C23H16ClN3O7. The second kappa shape index (κ2) is 10.8. The van der Waals surface area contributed by atoms with Gasteiger partial charge in [-0.05, 0) is 48.0 Å². The summed E-state index contributed by atoms with van der Waals surface area (Å²) in [6, 6.07) is 13.1. The number of nitrogens with one attached hydrogen (secondary N) is 1. The van der Waals surface area contributed by atoms with Gasteiger partial charge in [0.2, 0.25) is 0 Å². The van der Waals surface area contributed by atoms with Crippen molar-refractivity contribution in [2.45, 2.75) is 6.54 Å². The molecule has 0 aliphatic carbocycles. The summed E-state index contributed by atoms with van der Waals surface area (Å²) in [5.74, 6) is -0.763. The molecule has 0 aliphatic heterocycles. The lowest BCUT2D eigenvalue weighted by Gasteiger charge is -2.10. The maximum Gasteiger partial charge on any atom is 0.343 e. The Morgan fingerprint density at radius 3 is 2.68 bits per heavy atom. The molecular weight excluding hydrogens is 466 g/mol. The van der Waals surface area contributed by atoms with Gasteiger partial charge in [0.25, 0.3) is 11.6 Å². The molecule has 172 valence electrons. The van der Waals surface area contributed by atoms with E-state index in [1.54, 1.807) is 12.1 Å². The smallest absolute Gasteiger partial charge is 0.343 e. The number of hydrogen-bond donors (Lipinski definition) is 1. The monoisotopic (exact) mass is 481 g/mol. The highest BCUT2D eigenvalue weighted by molar-refractivity contribution is 6.32. The minimum Gasteiger partial charge on any atom is -0.493 e. The normalized spacial score (nSPS) is 10.8. The van der Waals surface area contributed by atoms with Crippen LogP contribution in [0.1, 0.15) is 21.7 Å². The van der Waals surface area contributed by atoms with E-state index in [9.17, 15) is 25.0 Å². The summed E-state index contributed by atoms with van der Waals surface area (Å²) in [6.45, 7) is 0.117. The highest BCUT2D eigenvalue weighted by Gasteiger charge is 2.19. The van der Waals surface area contributed by atoms with Gasteiger partial charge >= 0.3 is 5.97 Å². The van der Waals surface area contributed by atoms with Gasteiger partial charge in [0, 0.05) is 6.07 Å². The SMILES string of the molecule is COc1cc(/C=C(\C#N)C(=O)NCc2ccco2)ccc1OC(=O)c1ccc(Cl)c([N+](=O)[O-])c1. The fraction of sp³-hybridized carbons (Fsp3) is 0.0870. The minimum atomic E-state index is -0.864. The Kier molecular flexibility index (Phi) is 7.63. The molecule has 2 aromatic carbocycles. The lowest BCUT2D eigenvalue weighted by Crippen LogP contribution is -2.23. The summed E-state index contributed by atoms with van der Waals surface area (Å²) in [4.78, 5) is 35.1. The van der Waals surface area contributed by atoms with E-state index in [2.05, 4.69) is 5.32 Å². The van der Waals surface area contributed by atoms with E-state index in [4.69, 9.17) is 25.5 Å². The maximum absolute atomic E-state index is 12.5. The highest BCUT2D eigenvalue weighted by atomic mass is 35.5. The molecule has 34 heavy (non-hydrogen) atoms. The highest BCUT2D eigenvalue weighted by Crippen LogP contribution is 2.31. The molecule has 0 fully saturated rings. The zero-order chi connectivity index (χ0) is 24.7. The average Bonchev–Trinajstić information content (AvgIpc) is 3.35. The number of rotatable bonds is 8. The van der Waals surface area contributed by atoms with E-state index < -0.39 is 22.5 Å². The molecule has 0 spiro atoms. The molecule has 1 amide bonds. The number of carbonyl (C=O) groups is 2. The van der Waals surface area contributed by atoms with Crippen molar-refractivity contribution in [1.82, 2.24) is 5.32 Å². The number of esters is 1. The van der Waals surface area contributed by atoms with Crippen LogP contribution in [0.2, 0.25) is 5.02 Å². The fourth-order valence-corrected chi connectivity index (χ4v) is 2.97. The molecule has 11 heteroatoms. The summed E-state index contributed by atoms with van der Waals surface area (Å²) in [5.41, 5.74) is -0.240. The predicted octanol–water partition coefficient (Wildman–Crippen LogP) is 4.29. The zero-order valence-electron chi connectivity index (χ0n) is 17.6. The van der Waals surface area contributed by atoms with Crippen LogP contribution in [-0.4, -0.2) is 23.9 Å². The number of nitro benzene ring substituents is 1. The Morgan fingerprint density at radius 2 is 2.03 bits per heavy atom. The molecule has 1 heterocycles. The zero-order valence-corrected chi connectivity index (χ0v) is 18.4. The molecule has 0 saturated heterocycles. The van der Waals surface area contributed by atoms with Crippen molar-refractivity contribution in [2.24, 2.45) is 0 Å². The van der Waals surface area contributed by atoms with E-state index in [1.807, 2.05) is 6.07 Å². The number of nitriles is 1. The quantitative estimate of drug-likeness (QED) is 0.125. The third-order valence-electron chi connectivity index (χ3n) is 4.45. The molecule has 1 N–H and O–H groups in total. The van der Waals surface area contributed by atoms with Gasteiger partial charge in [-0.3, -0.25) is 14.9 Å². The van der Waals surface area contributed by atoms with Crippen LogP contribution in [0, 0.1) is 21.4 Å². The Morgan fingerprint density at radius 1 is 1.24 bits per heavy atom. The number of benzene rings is 2. The van der Waals surface area contributed by atoms with Crippen molar-refractivity contribution in [3.05, 3.63) is 92.4 Å². The van der Waals surface area contributed by atoms with Crippen molar-refractivity contribution >= 4 is 35.2 Å². The van der Waals surface area contributed by atoms with Crippen molar-refractivity contribution in [2.75, 3.05) is 7.11 Å². The first-order chi connectivity index (χ1) is 16.3. The number of carbonyl (C=O) groups excluding carboxylic acids is 2. The largest absolute Gasteiger partial charge is 0.493 e. The van der Waals surface area contributed by atoms with Crippen LogP contribution in [0.25, 0.3) is 6.08 Å². The van der Waals surface area contributed by atoms with Crippen LogP contribution in [0.4, 0.5) is 5.69 Å². The van der Waals surface area contributed by atoms with Crippen LogP contribution in [0.3, 0.4) is 0 Å². The summed E-state index contributed by atoms with van der Waals surface area (Å²) in [6.07, 6.45) is 2.81. The molecule has 0 saturated carbocycles. The van der Waals surface area contributed by atoms with Gasteiger partial charge in [-0.1, -0.05) is 17.7 Å². The third-order valence-corrected chi connectivity index (χ3v) is 4.77. The molecule has 0 bridgehead atoms. The molecule has 10 nitrogen and oxygen atoms in total. The molecule has 0 unspecified atom stereocenters. The van der Waals surface area contributed by atoms with Crippen LogP contribution >= 0.6 is 11.6 Å². The number of methoxy groups -OCH3 is 1. The predicted molar refractivity (Wildman–Crippen MR) is 120 cm³/mol. The number of nitro groups is 1. The van der Waals surface area contributed by atoms with Gasteiger partial charge in [0.1, 0.15) is 22.4 Å². The Hall–Kier alpha value is -4.62.